The molecule has 0 aromatic carbocycles. The van der Waals surface area contributed by atoms with Crippen molar-refractivity contribution >= 4 is 11.8 Å². The highest BCUT2D eigenvalue weighted by Crippen LogP contribution is 2.29. The molecular weight excluding hydrogens is 224 g/mol. The first-order valence-corrected chi connectivity index (χ1v) is 6.18. The van der Waals surface area contributed by atoms with Crippen molar-refractivity contribution in [3.63, 3.8) is 0 Å². The van der Waals surface area contributed by atoms with Crippen LogP contribution in [0.15, 0.2) is 15.6 Å². The molecule has 1 aliphatic heterocycles. The number of aryl methyl sites for hydroxylation is 2. The number of nitrogens with zero attached hydrogens (tertiary/aromatic N) is 1. The summed E-state index contributed by atoms with van der Waals surface area (Å²) >= 11 is 1.70. The summed E-state index contributed by atoms with van der Waals surface area (Å²) in [4.78, 5) is 5.38. The van der Waals surface area contributed by atoms with E-state index in [2.05, 4.69) is 16.7 Å². The molecule has 1 aromatic rings. The Bertz CT molecular complexity index is 404. The molecule has 0 saturated carbocycles. The Kier molecular flexibility index (Phi) is 2.99. The summed E-state index contributed by atoms with van der Waals surface area (Å²) in [6.45, 7) is 7.93. The summed E-state index contributed by atoms with van der Waals surface area (Å²) < 4.78 is 5.12. The van der Waals surface area contributed by atoms with Crippen LogP contribution in [0, 0.1) is 13.8 Å². The highest BCUT2D eigenvalue weighted by molar-refractivity contribution is 8.02. The van der Waals surface area contributed by atoms with Crippen molar-refractivity contribution in [1.82, 2.24) is 10.6 Å². The quantitative estimate of drug-likeness (QED) is 0.880. The van der Waals surface area contributed by atoms with Gasteiger partial charge in [-0.1, -0.05) is 5.16 Å². The van der Waals surface area contributed by atoms with Gasteiger partial charge in [-0.3, -0.25) is 10.3 Å². The molecule has 0 aliphatic carbocycles. The third-order valence-corrected chi connectivity index (χ3v) is 3.39. The van der Waals surface area contributed by atoms with Crippen molar-refractivity contribution in [2.75, 3.05) is 0 Å². The van der Waals surface area contributed by atoms with Crippen molar-refractivity contribution in [1.29, 1.82) is 0 Å². The number of hydroxylamine groups is 1. The lowest BCUT2D eigenvalue weighted by atomic mass is 10.1. The molecule has 0 radical (unpaired) electrons. The zero-order chi connectivity index (χ0) is 11.8. The van der Waals surface area contributed by atoms with Gasteiger partial charge in [-0.05, 0) is 33.8 Å². The number of rotatable bonds is 3. The maximum Gasteiger partial charge on any atom is 0.137 e. The second-order valence-corrected chi connectivity index (χ2v) is 5.42. The molecule has 0 amide bonds. The number of hydrogen-bond donors (Lipinski definition) is 1. The molecular formula is C11H16N2O2S. The van der Waals surface area contributed by atoms with Crippen LogP contribution < -0.4 is 5.48 Å². The molecule has 2 heterocycles. The fraction of sp³-hybridized carbons (Fsp3) is 0.545. The highest BCUT2D eigenvalue weighted by Gasteiger charge is 2.24. The lowest BCUT2D eigenvalue weighted by molar-refractivity contribution is -0.0126. The first-order chi connectivity index (χ1) is 7.48. The van der Waals surface area contributed by atoms with E-state index in [1.54, 1.807) is 11.8 Å². The largest absolute Gasteiger partial charge is 0.361 e. The van der Waals surface area contributed by atoms with E-state index < -0.39 is 0 Å². The van der Waals surface area contributed by atoms with Crippen LogP contribution in [0.5, 0.6) is 0 Å². The first kappa shape index (κ1) is 11.5. The highest BCUT2D eigenvalue weighted by atomic mass is 32.2. The number of nitrogens with one attached hydrogen (secondary N) is 1. The van der Waals surface area contributed by atoms with E-state index in [9.17, 15) is 0 Å². The molecule has 1 aromatic heterocycles. The minimum Gasteiger partial charge on any atom is -0.361 e. The van der Waals surface area contributed by atoms with Gasteiger partial charge in [0.15, 0.2) is 0 Å². The first-order valence-electron chi connectivity index (χ1n) is 5.19. The number of hydrogen-bond acceptors (Lipinski definition) is 5. The summed E-state index contributed by atoms with van der Waals surface area (Å²) in [5, 5.41) is 4.98. The fourth-order valence-corrected chi connectivity index (χ4v) is 2.67. The molecule has 2 rings (SSSR count). The van der Waals surface area contributed by atoms with E-state index in [4.69, 9.17) is 9.36 Å². The molecule has 0 saturated heterocycles. The Morgan fingerprint density at radius 3 is 2.69 bits per heavy atom. The van der Waals surface area contributed by atoms with Gasteiger partial charge in [-0.15, -0.1) is 11.8 Å². The van der Waals surface area contributed by atoms with Gasteiger partial charge in [0.2, 0.25) is 0 Å². The van der Waals surface area contributed by atoms with Gasteiger partial charge >= 0.3 is 0 Å². The zero-order valence-corrected chi connectivity index (χ0v) is 10.8. The zero-order valence-electron chi connectivity index (χ0n) is 9.96. The Balaban J connectivity index is 1.99. The lowest BCUT2D eigenvalue weighted by Gasteiger charge is -2.11. The predicted molar refractivity (Wildman–Crippen MR) is 63.7 cm³/mol. The van der Waals surface area contributed by atoms with E-state index in [1.807, 2.05) is 27.7 Å². The van der Waals surface area contributed by atoms with Crippen LogP contribution in [0.1, 0.15) is 30.9 Å². The van der Waals surface area contributed by atoms with Gasteiger partial charge in [-0.25, -0.2) is 0 Å². The molecule has 0 bridgehead atoms. The van der Waals surface area contributed by atoms with E-state index in [1.165, 1.54) is 0 Å². The molecule has 0 fully saturated rings. The SMILES string of the molecule is Cc1noc(C)c1CSC1=CC(C)(C)ON1. The van der Waals surface area contributed by atoms with Crippen LogP contribution in [-0.4, -0.2) is 10.8 Å². The second-order valence-electron chi connectivity index (χ2n) is 4.41. The smallest absolute Gasteiger partial charge is 0.137 e. The van der Waals surface area contributed by atoms with Gasteiger partial charge in [0.25, 0.3) is 0 Å². The summed E-state index contributed by atoms with van der Waals surface area (Å²) in [6, 6.07) is 0. The summed E-state index contributed by atoms with van der Waals surface area (Å²) in [5.74, 6) is 1.74. The maximum absolute atomic E-state index is 5.38. The van der Waals surface area contributed by atoms with E-state index in [0.717, 1.165) is 27.8 Å². The van der Waals surface area contributed by atoms with Crippen LogP contribution in [0.2, 0.25) is 0 Å². The van der Waals surface area contributed by atoms with Crippen molar-refractivity contribution in [2.45, 2.75) is 39.0 Å². The molecule has 16 heavy (non-hydrogen) atoms. The predicted octanol–water partition coefficient (Wildman–Crippen LogP) is 2.68. The van der Waals surface area contributed by atoms with Crippen LogP contribution in [0.25, 0.3) is 0 Å². The van der Waals surface area contributed by atoms with Crippen molar-refractivity contribution < 1.29 is 9.36 Å². The van der Waals surface area contributed by atoms with Gasteiger partial charge in [0.1, 0.15) is 11.4 Å². The molecule has 1 aliphatic rings. The Labute approximate surface area is 99.4 Å². The topological polar surface area (TPSA) is 47.3 Å². The normalized spacial score (nSPS) is 18.4. The van der Waals surface area contributed by atoms with Crippen molar-refractivity contribution in [3.05, 3.63) is 28.1 Å². The van der Waals surface area contributed by atoms with E-state index >= 15 is 0 Å². The lowest BCUT2D eigenvalue weighted by Crippen LogP contribution is -2.20. The third-order valence-electron chi connectivity index (χ3n) is 2.45. The minimum absolute atomic E-state index is 0.221. The van der Waals surface area contributed by atoms with Gasteiger partial charge in [0.05, 0.1) is 10.7 Å². The summed E-state index contributed by atoms with van der Waals surface area (Å²) in [6.07, 6.45) is 2.08. The monoisotopic (exact) mass is 240 g/mol. The van der Waals surface area contributed by atoms with Crippen molar-refractivity contribution in [2.24, 2.45) is 0 Å². The van der Waals surface area contributed by atoms with E-state index in [0.29, 0.717) is 0 Å². The van der Waals surface area contributed by atoms with Crippen LogP contribution in [0.4, 0.5) is 0 Å². The standard InChI is InChI=1S/C11H16N2O2S/c1-7-9(8(2)14-12-7)6-16-10-5-11(3,4)15-13-10/h5,13H,6H2,1-4H3. The summed E-state index contributed by atoms with van der Waals surface area (Å²) in [7, 11) is 0. The van der Waals surface area contributed by atoms with Crippen molar-refractivity contribution in [3.8, 4) is 0 Å². The van der Waals surface area contributed by atoms with Gasteiger partial charge in [0, 0.05) is 11.3 Å². The molecule has 5 heteroatoms. The number of thioether (sulfide) groups is 1. The average molecular weight is 240 g/mol. The average Bonchev–Trinajstić information content (AvgIpc) is 2.69. The number of aromatic nitrogens is 1. The Hall–Kier alpha value is -0.940. The molecule has 0 unspecified atom stereocenters. The third kappa shape index (κ3) is 2.41. The minimum atomic E-state index is -0.221. The Morgan fingerprint density at radius 2 is 2.19 bits per heavy atom. The van der Waals surface area contributed by atoms with Crippen LogP contribution >= 0.6 is 11.8 Å². The van der Waals surface area contributed by atoms with Crippen LogP contribution in [0.3, 0.4) is 0 Å². The molecule has 4 nitrogen and oxygen atoms in total. The maximum atomic E-state index is 5.38. The van der Waals surface area contributed by atoms with Crippen LogP contribution in [-0.2, 0) is 10.6 Å². The molecule has 88 valence electrons. The van der Waals surface area contributed by atoms with Gasteiger partial charge in [-0.2, -0.15) is 0 Å². The molecule has 1 N–H and O–H groups in total. The Morgan fingerprint density at radius 1 is 1.44 bits per heavy atom. The molecule has 0 spiro atoms. The molecule has 0 atom stereocenters. The van der Waals surface area contributed by atoms with Gasteiger partial charge < -0.3 is 4.52 Å². The fourth-order valence-electron chi connectivity index (χ4n) is 1.49. The second kappa shape index (κ2) is 4.14. The van der Waals surface area contributed by atoms with E-state index in [-0.39, 0.29) is 5.60 Å². The summed E-state index contributed by atoms with van der Waals surface area (Å²) in [5.41, 5.74) is 4.83.